The van der Waals surface area contributed by atoms with E-state index in [1.807, 2.05) is 4.68 Å². The van der Waals surface area contributed by atoms with Gasteiger partial charge in [-0.15, -0.1) is 0 Å². The van der Waals surface area contributed by atoms with Crippen LogP contribution in [0.15, 0.2) is 41.4 Å². The molecule has 1 aromatic heterocycles. The Morgan fingerprint density at radius 2 is 2.21 bits per heavy atom. The molecule has 102 valence electrons. The second-order valence-corrected chi connectivity index (χ2v) is 5.80. The lowest BCUT2D eigenvalue weighted by atomic mass is 10.0. The van der Waals surface area contributed by atoms with Crippen molar-refractivity contribution in [2.75, 3.05) is 6.54 Å². The highest BCUT2D eigenvalue weighted by Crippen LogP contribution is 2.19. The number of nitrogens with one attached hydrogen (secondary N) is 1. The van der Waals surface area contributed by atoms with Crippen LogP contribution in [-0.4, -0.2) is 27.4 Å². The quantitative estimate of drug-likeness (QED) is 0.889. The van der Waals surface area contributed by atoms with Crippen LogP contribution in [0, 0.1) is 0 Å². The average Bonchev–Trinajstić information content (AvgIpc) is 2.88. The Balaban J connectivity index is 1.81. The van der Waals surface area contributed by atoms with E-state index in [0.29, 0.717) is 12.0 Å². The van der Waals surface area contributed by atoms with Crippen LogP contribution in [0.1, 0.15) is 25.3 Å². The van der Waals surface area contributed by atoms with Crippen LogP contribution in [0.3, 0.4) is 0 Å². The lowest BCUT2D eigenvalue weighted by Crippen LogP contribution is -2.33. The highest BCUT2D eigenvalue weighted by Gasteiger charge is 2.08. The Kier molecular flexibility index (Phi) is 5.10. The van der Waals surface area contributed by atoms with Crippen molar-refractivity contribution in [3.63, 3.8) is 0 Å². The Morgan fingerprint density at radius 1 is 1.37 bits per heavy atom. The fourth-order valence-corrected chi connectivity index (χ4v) is 2.40. The summed E-state index contributed by atoms with van der Waals surface area (Å²) in [5.74, 6) is 0.482. The van der Waals surface area contributed by atoms with Crippen molar-refractivity contribution in [3.05, 3.63) is 47.0 Å². The van der Waals surface area contributed by atoms with Crippen LogP contribution in [0.2, 0.25) is 0 Å². The van der Waals surface area contributed by atoms with Gasteiger partial charge in [0.15, 0.2) is 0 Å². The van der Waals surface area contributed by atoms with Crippen LogP contribution >= 0.6 is 15.9 Å². The summed E-state index contributed by atoms with van der Waals surface area (Å²) in [7, 11) is 0. The lowest BCUT2D eigenvalue weighted by Gasteiger charge is -2.18. The van der Waals surface area contributed by atoms with Crippen molar-refractivity contribution in [2.24, 2.45) is 0 Å². The van der Waals surface area contributed by atoms with Gasteiger partial charge < -0.3 is 5.32 Å². The maximum absolute atomic E-state index is 4.11. The van der Waals surface area contributed by atoms with E-state index in [1.165, 1.54) is 5.56 Å². The van der Waals surface area contributed by atoms with Gasteiger partial charge in [0, 0.05) is 17.1 Å². The van der Waals surface area contributed by atoms with Crippen LogP contribution < -0.4 is 5.32 Å². The van der Waals surface area contributed by atoms with Gasteiger partial charge in [0.2, 0.25) is 0 Å². The van der Waals surface area contributed by atoms with E-state index < -0.39 is 0 Å². The normalized spacial score (nSPS) is 14.3. The number of benzene rings is 1. The molecule has 0 aliphatic rings. The summed E-state index contributed by atoms with van der Waals surface area (Å²) in [4.78, 5) is 3.95. The van der Waals surface area contributed by atoms with Gasteiger partial charge in [0.05, 0.1) is 6.54 Å². The molecule has 0 unspecified atom stereocenters. The third-order valence-electron chi connectivity index (χ3n) is 3.12. The molecule has 0 fully saturated rings. The summed E-state index contributed by atoms with van der Waals surface area (Å²) in [6, 6.07) is 8.84. The van der Waals surface area contributed by atoms with Crippen molar-refractivity contribution < 1.29 is 0 Å². The fourth-order valence-electron chi connectivity index (χ4n) is 1.98. The maximum Gasteiger partial charge on any atom is 0.137 e. The Morgan fingerprint density at radius 3 is 2.89 bits per heavy atom. The van der Waals surface area contributed by atoms with E-state index >= 15 is 0 Å². The van der Waals surface area contributed by atoms with E-state index in [1.54, 1.807) is 12.7 Å². The van der Waals surface area contributed by atoms with Gasteiger partial charge in [-0.05, 0) is 30.5 Å². The highest BCUT2D eigenvalue weighted by molar-refractivity contribution is 9.10. The van der Waals surface area contributed by atoms with Gasteiger partial charge in [-0.1, -0.05) is 35.0 Å². The lowest BCUT2D eigenvalue weighted by molar-refractivity contribution is 0.439. The van der Waals surface area contributed by atoms with Crippen molar-refractivity contribution in [2.45, 2.75) is 32.4 Å². The molecule has 0 amide bonds. The molecule has 0 radical (unpaired) electrons. The van der Waals surface area contributed by atoms with Gasteiger partial charge in [-0.3, -0.25) is 4.68 Å². The Labute approximate surface area is 122 Å². The molecule has 4 nitrogen and oxygen atoms in total. The van der Waals surface area contributed by atoms with Crippen LogP contribution in [0.25, 0.3) is 0 Å². The van der Waals surface area contributed by atoms with Crippen molar-refractivity contribution >= 4 is 15.9 Å². The van der Waals surface area contributed by atoms with E-state index in [2.05, 4.69) is 69.4 Å². The van der Waals surface area contributed by atoms with Crippen LogP contribution in [0.5, 0.6) is 0 Å². The van der Waals surface area contributed by atoms with Gasteiger partial charge in [0.1, 0.15) is 12.7 Å². The zero-order valence-corrected chi connectivity index (χ0v) is 12.8. The van der Waals surface area contributed by atoms with Gasteiger partial charge in [-0.2, -0.15) is 5.10 Å². The smallest absolute Gasteiger partial charge is 0.137 e. The Bertz CT molecular complexity index is 498. The standard InChI is InChI=1S/C14H19BrN4/c1-11(13-4-3-5-14(15)6-13)7-17-12(2)8-19-10-16-9-18-19/h3-6,9-12,17H,7-8H2,1-2H3/t11-,12-/m1/s1. The van der Waals surface area contributed by atoms with Crippen LogP contribution in [0.4, 0.5) is 0 Å². The van der Waals surface area contributed by atoms with E-state index in [-0.39, 0.29) is 0 Å². The number of hydrogen-bond donors (Lipinski definition) is 1. The minimum Gasteiger partial charge on any atom is -0.312 e. The predicted molar refractivity (Wildman–Crippen MR) is 80.0 cm³/mol. The van der Waals surface area contributed by atoms with Gasteiger partial charge in [0.25, 0.3) is 0 Å². The summed E-state index contributed by atoms with van der Waals surface area (Å²) in [5.41, 5.74) is 1.34. The molecule has 0 spiro atoms. The fraction of sp³-hybridized carbons (Fsp3) is 0.429. The molecule has 1 aromatic carbocycles. The molecule has 5 heteroatoms. The molecule has 0 aliphatic carbocycles. The first-order valence-electron chi connectivity index (χ1n) is 6.46. The second kappa shape index (κ2) is 6.82. The van der Waals surface area contributed by atoms with Crippen molar-refractivity contribution in [1.29, 1.82) is 0 Å². The first-order chi connectivity index (χ1) is 9.15. The first-order valence-corrected chi connectivity index (χ1v) is 7.25. The number of aromatic nitrogens is 3. The molecule has 1 heterocycles. The number of hydrogen-bond acceptors (Lipinski definition) is 3. The Hall–Kier alpha value is -1.20. The van der Waals surface area contributed by atoms with Crippen molar-refractivity contribution in [3.8, 4) is 0 Å². The summed E-state index contributed by atoms with van der Waals surface area (Å²) < 4.78 is 2.98. The SMILES string of the molecule is C[C@H](Cn1cncn1)NC[C@@H](C)c1cccc(Br)c1. The maximum atomic E-state index is 4.11. The first kappa shape index (κ1) is 14.2. The topological polar surface area (TPSA) is 42.7 Å². The monoisotopic (exact) mass is 322 g/mol. The van der Waals surface area contributed by atoms with E-state index in [9.17, 15) is 0 Å². The predicted octanol–water partition coefficient (Wildman–Crippen LogP) is 2.82. The summed E-state index contributed by atoms with van der Waals surface area (Å²) in [6.45, 7) is 6.18. The molecule has 2 aromatic rings. The molecule has 0 saturated carbocycles. The second-order valence-electron chi connectivity index (χ2n) is 4.88. The third kappa shape index (κ3) is 4.44. The molecule has 0 bridgehead atoms. The molecular weight excluding hydrogens is 304 g/mol. The largest absolute Gasteiger partial charge is 0.312 e. The number of rotatable bonds is 6. The zero-order valence-electron chi connectivity index (χ0n) is 11.3. The van der Waals surface area contributed by atoms with Gasteiger partial charge >= 0.3 is 0 Å². The van der Waals surface area contributed by atoms with E-state index in [0.717, 1.165) is 17.6 Å². The molecule has 1 N–H and O–H groups in total. The average molecular weight is 323 g/mol. The number of halogens is 1. The van der Waals surface area contributed by atoms with Crippen LogP contribution in [-0.2, 0) is 6.54 Å². The minimum atomic E-state index is 0.372. The highest BCUT2D eigenvalue weighted by atomic mass is 79.9. The molecule has 2 rings (SSSR count). The third-order valence-corrected chi connectivity index (χ3v) is 3.61. The molecular formula is C14H19BrN4. The molecule has 0 aliphatic heterocycles. The zero-order chi connectivity index (χ0) is 13.7. The van der Waals surface area contributed by atoms with Crippen molar-refractivity contribution in [1.82, 2.24) is 20.1 Å². The number of nitrogens with zero attached hydrogens (tertiary/aromatic N) is 3. The van der Waals surface area contributed by atoms with E-state index in [4.69, 9.17) is 0 Å². The molecule has 19 heavy (non-hydrogen) atoms. The minimum absolute atomic E-state index is 0.372. The summed E-state index contributed by atoms with van der Waals surface area (Å²) in [6.07, 6.45) is 3.31. The molecule has 0 saturated heterocycles. The summed E-state index contributed by atoms with van der Waals surface area (Å²) >= 11 is 3.51. The summed E-state index contributed by atoms with van der Waals surface area (Å²) in [5, 5.41) is 7.65. The molecule has 2 atom stereocenters. The van der Waals surface area contributed by atoms with Gasteiger partial charge in [-0.25, -0.2) is 4.98 Å².